The Bertz CT molecular complexity index is 494. The summed E-state index contributed by atoms with van der Waals surface area (Å²) in [5.74, 6) is 0.669. The van der Waals surface area contributed by atoms with Crippen molar-refractivity contribution in [1.29, 1.82) is 0 Å². The molecule has 0 aliphatic heterocycles. The molecule has 0 unspecified atom stereocenters. The van der Waals surface area contributed by atoms with Crippen molar-refractivity contribution >= 4 is 10.9 Å². The van der Waals surface area contributed by atoms with Crippen molar-refractivity contribution in [2.45, 2.75) is 38.1 Å². The van der Waals surface area contributed by atoms with Gasteiger partial charge in [-0.25, -0.2) is 0 Å². The van der Waals surface area contributed by atoms with E-state index in [2.05, 4.69) is 35.4 Å². The number of aromatic nitrogens is 1. The van der Waals surface area contributed by atoms with Gasteiger partial charge in [-0.1, -0.05) is 37.5 Å². The lowest BCUT2D eigenvalue weighted by atomic mass is 9.81. The van der Waals surface area contributed by atoms with Crippen LogP contribution in [0.4, 0.5) is 0 Å². The third kappa shape index (κ3) is 1.98. The normalized spacial score (nSPS) is 19.6. The molecule has 2 heteroatoms. The molecule has 1 aliphatic rings. The van der Waals surface area contributed by atoms with Crippen LogP contribution in [0.2, 0.25) is 0 Å². The van der Waals surface area contributed by atoms with E-state index < -0.39 is 0 Å². The zero-order chi connectivity index (χ0) is 11.7. The summed E-state index contributed by atoms with van der Waals surface area (Å²) in [6.07, 6.45) is 8.77. The molecule has 1 aromatic carbocycles. The minimum absolute atomic E-state index is 0.200. The minimum Gasteiger partial charge on any atom is -0.361 e. The summed E-state index contributed by atoms with van der Waals surface area (Å²) in [6, 6.07) is 8.64. The molecular formula is C15H20N2. The zero-order valence-corrected chi connectivity index (χ0v) is 10.2. The van der Waals surface area contributed by atoms with Crippen LogP contribution in [0.5, 0.6) is 0 Å². The van der Waals surface area contributed by atoms with E-state index >= 15 is 0 Å². The van der Waals surface area contributed by atoms with E-state index in [0.717, 1.165) is 0 Å². The fraction of sp³-hybridized carbons (Fsp3) is 0.467. The van der Waals surface area contributed by atoms with Crippen molar-refractivity contribution < 1.29 is 0 Å². The molecule has 90 valence electrons. The first-order valence-electron chi connectivity index (χ1n) is 6.68. The molecule has 0 amide bonds. The van der Waals surface area contributed by atoms with Crippen LogP contribution in [0.25, 0.3) is 10.9 Å². The summed E-state index contributed by atoms with van der Waals surface area (Å²) in [7, 11) is 0. The maximum Gasteiger partial charge on any atom is 0.0457 e. The summed E-state index contributed by atoms with van der Waals surface area (Å²) in [6.45, 7) is 0. The van der Waals surface area contributed by atoms with Gasteiger partial charge in [0.05, 0.1) is 0 Å². The van der Waals surface area contributed by atoms with Gasteiger partial charge in [0.2, 0.25) is 0 Å². The van der Waals surface area contributed by atoms with Gasteiger partial charge in [0.1, 0.15) is 0 Å². The number of hydrogen-bond acceptors (Lipinski definition) is 1. The molecule has 0 radical (unpaired) electrons. The van der Waals surface area contributed by atoms with Crippen molar-refractivity contribution in [3.63, 3.8) is 0 Å². The van der Waals surface area contributed by atoms with Crippen molar-refractivity contribution in [1.82, 2.24) is 4.98 Å². The lowest BCUT2D eigenvalue weighted by Gasteiger charge is -2.27. The number of fused-ring (bicyclic) bond motifs is 1. The van der Waals surface area contributed by atoms with Crippen LogP contribution in [-0.4, -0.2) is 4.98 Å². The SMILES string of the molecule is N[C@@H](c1c[nH]c2ccccc12)C1CCCCC1. The van der Waals surface area contributed by atoms with E-state index in [1.807, 2.05) is 0 Å². The molecule has 0 saturated heterocycles. The molecule has 2 aromatic rings. The smallest absolute Gasteiger partial charge is 0.0457 e. The Balaban J connectivity index is 1.92. The fourth-order valence-corrected chi connectivity index (χ4v) is 3.12. The fourth-order valence-electron chi connectivity index (χ4n) is 3.12. The molecular weight excluding hydrogens is 208 g/mol. The van der Waals surface area contributed by atoms with Gasteiger partial charge in [-0.2, -0.15) is 0 Å². The van der Waals surface area contributed by atoms with E-state index in [1.165, 1.54) is 48.6 Å². The van der Waals surface area contributed by atoms with Gasteiger partial charge in [0.15, 0.2) is 0 Å². The Morgan fingerprint density at radius 3 is 2.71 bits per heavy atom. The minimum atomic E-state index is 0.200. The Kier molecular flexibility index (Phi) is 2.89. The predicted molar refractivity (Wildman–Crippen MR) is 71.8 cm³/mol. The second kappa shape index (κ2) is 4.53. The van der Waals surface area contributed by atoms with Gasteiger partial charge in [0, 0.05) is 23.1 Å². The van der Waals surface area contributed by atoms with Crippen LogP contribution in [-0.2, 0) is 0 Å². The number of H-pyrrole nitrogens is 1. The highest BCUT2D eigenvalue weighted by Gasteiger charge is 2.23. The summed E-state index contributed by atoms with van der Waals surface area (Å²) >= 11 is 0. The average Bonchev–Trinajstić information content (AvgIpc) is 2.83. The lowest BCUT2D eigenvalue weighted by Crippen LogP contribution is -2.23. The number of para-hydroxylation sites is 1. The molecule has 17 heavy (non-hydrogen) atoms. The number of benzene rings is 1. The third-order valence-electron chi connectivity index (χ3n) is 4.14. The van der Waals surface area contributed by atoms with Crippen LogP contribution < -0.4 is 5.73 Å². The molecule has 0 spiro atoms. The van der Waals surface area contributed by atoms with Crippen molar-refractivity contribution in [2.24, 2.45) is 11.7 Å². The van der Waals surface area contributed by atoms with Crippen LogP contribution >= 0.6 is 0 Å². The molecule has 1 atom stereocenters. The van der Waals surface area contributed by atoms with Gasteiger partial charge >= 0.3 is 0 Å². The van der Waals surface area contributed by atoms with Crippen LogP contribution in [0, 0.1) is 5.92 Å². The molecule has 1 heterocycles. The topological polar surface area (TPSA) is 41.8 Å². The van der Waals surface area contributed by atoms with E-state index in [9.17, 15) is 0 Å². The van der Waals surface area contributed by atoms with Crippen LogP contribution in [0.3, 0.4) is 0 Å². The maximum atomic E-state index is 6.46. The molecule has 0 bridgehead atoms. The Morgan fingerprint density at radius 2 is 1.88 bits per heavy atom. The highest BCUT2D eigenvalue weighted by Crippen LogP contribution is 2.35. The zero-order valence-electron chi connectivity index (χ0n) is 10.2. The number of aromatic amines is 1. The van der Waals surface area contributed by atoms with Crippen molar-refractivity contribution in [2.75, 3.05) is 0 Å². The predicted octanol–water partition coefficient (Wildman–Crippen LogP) is 3.75. The van der Waals surface area contributed by atoms with Gasteiger partial charge in [-0.3, -0.25) is 0 Å². The summed E-state index contributed by atoms with van der Waals surface area (Å²) in [5, 5.41) is 1.30. The van der Waals surface area contributed by atoms with E-state index in [0.29, 0.717) is 5.92 Å². The molecule has 3 rings (SSSR count). The summed E-state index contributed by atoms with van der Waals surface area (Å²) in [4.78, 5) is 3.33. The van der Waals surface area contributed by atoms with Gasteiger partial charge in [-0.15, -0.1) is 0 Å². The number of nitrogens with one attached hydrogen (secondary N) is 1. The molecule has 2 nitrogen and oxygen atoms in total. The molecule has 1 fully saturated rings. The molecule has 1 saturated carbocycles. The number of hydrogen-bond donors (Lipinski definition) is 2. The average molecular weight is 228 g/mol. The molecule has 3 N–H and O–H groups in total. The first-order valence-corrected chi connectivity index (χ1v) is 6.68. The Labute approximate surface area is 102 Å². The second-order valence-electron chi connectivity index (χ2n) is 5.21. The molecule has 1 aliphatic carbocycles. The Hall–Kier alpha value is -1.28. The van der Waals surface area contributed by atoms with Gasteiger partial charge < -0.3 is 10.7 Å². The first kappa shape index (κ1) is 10.8. The first-order chi connectivity index (χ1) is 8.36. The van der Waals surface area contributed by atoms with Gasteiger partial charge in [-0.05, 0) is 30.4 Å². The maximum absolute atomic E-state index is 6.46. The second-order valence-corrected chi connectivity index (χ2v) is 5.21. The molecule has 1 aromatic heterocycles. The van der Waals surface area contributed by atoms with Crippen LogP contribution in [0.15, 0.2) is 30.5 Å². The number of rotatable bonds is 2. The summed E-state index contributed by atoms with van der Waals surface area (Å²) in [5.41, 5.74) is 8.96. The van der Waals surface area contributed by atoms with Gasteiger partial charge in [0.25, 0.3) is 0 Å². The standard InChI is InChI=1S/C15H20N2/c16-15(11-6-2-1-3-7-11)13-10-17-14-9-5-4-8-12(13)14/h4-5,8-11,15,17H,1-3,6-7,16H2/t15-/m1/s1. The number of nitrogens with two attached hydrogens (primary N) is 1. The third-order valence-corrected chi connectivity index (χ3v) is 4.14. The summed E-state index contributed by atoms with van der Waals surface area (Å²) < 4.78 is 0. The largest absolute Gasteiger partial charge is 0.361 e. The Morgan fingerprint density at radius 1 is 1.12 bits per heavy atom. The lowest BCUT2D eigenvalue weighted by molar-refractivity contribution is 0.309. The van der Waals surface area contributed by atoms with E-state index in [4.69, 9.17) is 5.73 Å². The van der Waals surface area contributed by atoms with E-state index in [1.54, 1.807) is 0 Å². The van der Waals surface area contributed by atoms with E-state index in [-0.39, 0.29) is 6.04 Å². The van der Waals surface area contributed by atoms with Crippen molar-refractivity contribution in [3.8, 4) is 0 Å². The monoisotopic (exact) mass is 228 g/mol. The van der Waals surface area contributed by atoms with Crippen molar-refractivity contribution in [3.05, 3.63) is 36.0 Å². The highest BCUT2D eigenvalue weighted by molar-refractivity contribution is 5.83. The van der Waals surface area contributed by atoms with Crippen LogP contribution in [0.1, 0.15) is 43.7 Å². The highest BCUT2D eigenvalue weighted by atomic mass is 14.7. The quantitative estimate of drug-likeness (QED) is 0.807.